The first kappa shape index (κ1) is 16.8. The Morgan fingerprint density at radius 3 is 2.62 bits per heavy atom. The second kappa shape index (κ2) is 7.29. The first-order valence-electron chi connectivity index (χ1n) is 8.52. The zero-order chi connectivity index (χ0) is 17.9. The van der Waals surface area contributed by atoms with Gasteiger partial charge in [-0.05, 0) is 43.4 Å². The van der Waals surface area contributed by atoms with Crippen molar-refractivity contribution in [3.8, 4) is 17.2 Å². The van der Waals surface area contributed by atoms with E-state index in [4.69, 9.17) is 0 Å². The number of carbonyl (C=O) groups is 1. The number of nitrogens with one attached hydrogen (secondary N) is 1. The lowest BCUT2D eigenvalue weighted by Gasteiger charge is -2.32. The minimum absolute atomic E-state index is 0.00690. The largest absolute Gasteiger partial charge is 0.294 e. The van der Waals surface area contributed by atoms with Gasteiger partial charge < -0.3 is 0 Å². The number of para-hydroxylation sites is 1. The Morgan fingerprint density at radius 2 is 1.92 bits per heavy atom. The number of anilines is 1. The molecular weight excluding hydrogens is 346 g/mol. The molecule has 2 heterocycles. The van der Waals surface area contributed by atoms with E-state index >= 15 is 0 Å². The maximum Gasteiger partial charge on any atom is 0.233 e. The molecule has 26 heavy (non-hydrogen) atoms. The molecule has 1 fully saturated rings. The zero-order valence-electron chi connectivity index (χ0n) is 14.4. The van der Waals surface area contributed by atoms with E-state index in [2.05, 4.69) is 26.6 Å². The summed E-state index contributed by atoms with van der Waals surface area (Å²) in [5, 5.41) is 8.11. The number of hydrogen-bond donors (Lipinski definition) is 1. The third kappa shape index (κ3) is 3.35. The van der Waals surface area contributed by atoms with Gasteiger partial charge in [0, 0.05) is 17.4 Å². The highest BCUT2D eigenvalue weighted by atomic mass is 32.2. The average molecular weight is 365 g/mol. The molecule has 0 unspecified atom stereocenters. The predicted octanol–water partition coefficient (Wildman–Crippen LogP) is 3.41. The van der Waals surface area contributed by atoms with Crippen LogP contribution in [0.1, 0.15) is 12.8 Å². The summed E-state index contributed by atoms with van der Waals surface area (Å²) in [5.41, 5.74) is 1.51. The van der Waals surface area contributed by atoms with Gasteiger partial charge in [-0.25, -0.2) is 0 Å². The van der Waals surface area contributed by atoms with Crippen molar-refractivity contribution in [3.63, 3.8) is 0 Å². The quantitative estimate of drug-likeness (QED) is 0.750. The molecule has 0 aliphatic heterocycles. The van der Waals surface area contributed by atoms with Crippen LogP contribution >= 0.6 is 11.8 Å². The number of carbonyl (C=O) groups excluding carboxylic acids is 1. The van der Waals surface area contributed by atoms with E-state index in [1.807, 2.05) is 60.3 Å². The molecule has 1 aromatic carbocycles. The molecule has 1 amide bonds. The van der Waals surface area contributed by atoms with Gasteiger partial charge in [0.1, 0.15) is 5.69 Å². The van der Waals surface area contributed by atoms with Crippen molar-refractivity contribution < 1.29 is 4.79 Å². The summed E-state index contributed by atoms with van der Waals surface area (Å²) < 4.78 is 1.66. The molecule has 4 rings (SSSR count). The first-order chi connectivity index (χ1) is 12.7. The topological polar surface area (TPSA) is 72.7 Å². The number of amides is 1. The van der Waals surface area contributed by atoms with Crippen molar-refractivity contribution in [2.45, 2.75) is 18.1 Å². The van der Waals surface area contributed by atoms with Gasteiger partial charge in [-0.2, -0.15) is 21.4 Å². The van der Waals surface area contributed by atoms with Crippen LogP contribution in [0.4, 0.5) is 5.95 Å². The van der Waals surface area contributed by atoms with Crippen molar-refractivity contribution in [3.05, 3.63) is 54.7 Å². The minimum Gasteiger partial charge on any atom is -0.294 e. The lowest BCUT2D eigenvalue weighted by molar-refractivity contribution is -0.122. The monoisotopic (exact) mass is 365 g/mol. The van der Waals surface area contributed by atoms with Gasteiger partial charge in [-0.15, -0.1) is 5.10 Å². The molecule has 2 aromatic heterocycles. The fourth-order valence-corrected chi connectivity index (χ4v) is 3.78. The summed E-state index contributed by atoms with van der Waals surface area (Å²) in [4.78, 5) is 21.4. The van der Waals surface area contributed by atoms with Crippen molar-refractivity contribution in [2.24, 2.45) is 5.92 Å². The van der Waals surface area contributed by atoms with E-state index in [1.165, 1.54) is 0 Å². The average Bonchev–Trinajstić information content (AvgIpc) is 3.06. The number of aromatic nitrogens is 4. The van der Waals surface area contributed by atoms with Crippen LogP contribution in [0, 0.1) is 5.92 Å². The van der Waals surface area contributed by atoms with E-state index in [0.717, 1.165) is 18.5 Å². The van der Waals surface area contributed by atoms with Crippen LogP contribution in [0.15, 0.2) is 54.7 Å². The maximum atomic E-state index is 12.6. The molecule has 1 aliphatic carbocycles. The molecule has 132 valence electrons. The highest BCUT2D eigenvalue weighted by Gasteiger charge is 2.34. The Labute approximate surface area is 156 Å². The van der Waals surface area contributed by atoms with E-state index in [1.54, 1.807) is 10.9 Å². The van der Waals surface area contributed by atoms with E-state index in [-0.39, 0.29) is 11.8 Å². The molecule has 7 heteroatoms. The van der Waals surface area contributed by atoms with Gasteiger partial charge in [0.15, 0.2) is 0 Å². The smallest absolute Gasteiger partial charge is 0.233 e. The summed E-state index contributed by atoms with van der Waals surface area (Å²) in [6, 6.07) is 15.2. The molecule has 0 radical (unpaired) electrons. The fourth-order valence-electron chi connectivity index (χ4n) is 2.93. The molecule has 1 aliphatic rings. The Hall–Kier alpha value is -2.67. The summed E-state index contributed by atoms with van der Waals surface area (Å²) in [6.45, 7) is 0. The Morgan fingerprint density at radius 1 is 1.15 bits per heavy atom. The van der Waals surface area contributed by atoms with Crippen LogP contribution in [0.25, 0.3) is 17.2 Å². The Balaban J connectivity index is 1.64. The van der Waals surface area contributed by atoms with Gasteiger partial charge in [0.2, 0.25) is 17.7 Å². The standard InChI is InChI=1S/C19H19N5OS/c1-26-15-11-13(12-15)18(25)22-19-21-17(16-9-5-6-10-20-16)23-24(19)14-7-3-2-4-8-14/h2-10,13,15H,11-12H2,1H3,(H,21,22,23,25). The molecule has 0 atom stereocenters. The highest BCUT2D eigenvalue weighted by Crippen LogP contribution is 2.36. The van der Waals surface area contributed by atoms with Crippen LogP contribution in [0.2, 0.25) is 0 Å². The second-order valence-corrected chi connectivity index (χ2v) is 7.37. The molecular formula is C19H19N5OS. The number of hydrogen-bond acceptors (Lipinski definition) is 5. The Bertz CT molecular complexity index is 891. The normalized spacial score (nSPS) is 19.0. The summed E-state index contributed by atoms with van der Waals surface area (Å²) >= 11 is 1.82. The highest BCUT2D eigenvalue weighted by molar-refractivity contribution is 7.99. The van der Waals surface area contributed by atoms with Gasteiger partial charge in [0.05, 0.1) is 5.69 Å². The van der Waals surface area contributed by atoms with Crippen molar-refractivity contribution >= 4 is 23.6 Å². The van der Waals surface area contributed by atoms with E-state index < -0.39 is 0 Å². The molecule has 3 aromatic rings. The van der Waals surface area contributed by atoms with Gasteiger partial charge in [0.25, 0.3) is 0 Å². The third-order valence-corrected chi connectivity index (χ3v) is 5.59. The molecule has 0 saturated heterocycles. The number of benzene rings is 1. The Kier molecular flexibility index (Phi) is 4.71. The van der Waals surface area contributed by atoms with Gasteiger partial charge in [-0.3, -0.25) is 15.1 Å². The molecule has 1 N–H and O–H groups in total. The number of nitrogens with zero attached hydrogens (tertiary/aromatic N) is 4. The molecule has 6 nitrogen and oxygen atoms in total. The minimum atomic E-state index is 0.00690. The number of thioether (sulfide) groups is 1. The van der Waals surface area contributed by atoms with Crippen LogP contribution in [0.3, 0.4) is 0 Å². The number of rotatable bonds is 5. The van der Waals surface area contributed by atoms with Gasteiger partial charge >= 0.3 is 0 Å². The van der Waals surface area contributed by atoms with Crippen LogP contribution in [0.5, 0.6) is 0 Å². The molecule has 0 bridgehead atoms. The van der Waals surface area contributed by atoms with Crippen molar-refractivity contribution in [1.29, 1.82) is 0 Å². The van der Waals surface area contributed by atoms with Crippen molar-refractivity contribution in [1.82, 2.24) is 19.7 Å². The van der Waals surface area contributed by atoms with Crippen LogP contribution < -0.4 is 5.32 Å². The lowest BCUT2D eigenvalue weighted by Crippen LogP contribution is -2.36. The van der Waals surface area contributed by atoms with Crippen molar-refractivity contribution in [2.75, 3.05) is 11.6 Å². The maximum absolute atomic E-state index is 12.6. The second-order valence-electron chi connectivity index (χ2n) is 6.24. The first-order valence-corrected chi connectivity index (χ1v) is 9.81. The zero-order valence-corrected chi connectivity index (χ0v) is 15.2. The molecule has 0 spiro atoms. The molecule has 1 saturated carbocycles. The summed E-state index contributed by atoms with van der Waals surface area (Å²) in [7, 11) is 0. The lowest BCUT2D eigenvalue weighted by atomic mass is 9.84. The van der Waals surface area contributed by atoms with Crippen LogP contribution in [-0.2, 0) is 4.79 Å². The van der Waals surface area contributed by atoms with E-state index in [9.17, 15) is 4.79 Å². The summed E-state index contributed by atoms with van der Waals surface area (Å²) in [5.74, 6) is 0.967. The third-order valence-electron chi connectivity index (χ3n) is 4.54. The van der Waals surface area contributed by atoms with E-state index in [0.29, 0.717) is 22.7 Å². The number of pyridine rings is 1. The fraction of sp³-hybridized carbons (Fsp3) is 0.263. The summed E-state index contributed by atoms with van der Waals surface area (Å²) in [6.07, 6.45) is 5.62. The van der Waals surface area contributed by atoms with Crippen LogP contribution in [-0.4, -0.2) is 37.2 Å². The SMILES string of the molecule is CSC1CC(C(=O)Nc2nc(-c3ccccn3)nn2-c2ccccc2)C1. The van der Waals surface area contributed by atoms with Gasteiger partial charge in [-0.1, -0.05) is 24.3 Å². The predicted molar refractivity (Wildman–Crippen MR) is 103 cm³/mol.